The van der Waals surface area contributed by atoms with Crippen molar-refractivity contribution in [2.45, 2.75) is 74.0 Å². The van der Waals surface area contributed by atoms with E-state index in [0.29, 0.717) is 12.0 Å². The molecule has 5 rings (SSSR count). The Balaban J connectivity index is 1.30. The number of pyridine rings is 1. The van der Waals surface area contributed by atoms with Crippen molar-refractivity contribution >= 4 is 80.3 Å². The third-order valence-corrected chi connectivity index (χ3v) is 11.3. The highest BCUT2D eigenvalue weighted by Gasteiger charge is 2.33. The van der Waals surface area contributed by atoms with E-state index in [0.717, 1.165) is 10.8 Å². The van der Waals surface area contributed by atoms with Crippen LogP contribution < -0.4 is 48.8 Å². The lowest BCUT2D eigenvalue weighted by Gasteiger charge is -2.26. The van der Waals surface area contributed by atoms with Crippen LogP contribution in [-0.4, -0.2) is 120 Å². The maximum atomic E-state index is 14.2. The van der Waals surface area contributed by atoms with Gasteiger partial charge < -0.3 is 48.5 Å². The van der Waals surface area contributed by atoms with Gasteiger partial charge in [-0.15, -0.1) is 0 Å². The summed E-state index contributed by atoms with van der Waals surface area (Å²) < 4.78 is 32.7. The third kappa shape index (κ3) is 15.9. The Labute approximate surface area is 390 Å². The number of nitrogens with zero attached hydrogens (tertiary/aromatic N) is 3. The van der Waals surface area contributed by atoms with Crippen molar-refractivity contribution in [3.63, 3.8) is 0 Å². The van der Waals surface area contributed by atoms with Gasteiger partial charge in [0, 0.05) is 31.3 Å². The number of carbonyl (C=O) groups excluding carboxylic acids is 6. The average Bonchev–Trinajstić information content (AvgIpc) is 3.30. The molecule has 1 fully saturated rings. The number of guanidine groups is 1. The average molecular weight is 957 g/mol. The van der Waals surface area contributed by atoms with Crippen LogP contribution in [0.25, 0.3) is 10.8 Å². The number of aliphatic carboxylic acids is 1. The number of aromatic nitrogens is 1. The van der Waals surface area contributed by atoms with Crippen molar-refractivity contribution in [1.29, 1.82) is 0 Å². The molecule has 1 aromatic heterocycles. The molecule has 6 amide bonds. The number of anilines is 1. The first kappa shape index (κ1) is 51.0. The van der Waals surface area contributed by atoms with Crippen LogP contribution >= 0.6 is 0 Å². The van der Waals surface area contributed by atoms with E-state index >= 15 is 0 Å². The van der Waals surface area contributed by atoms with Crippen LogP contribution in [0.15, 0.2) is 100 Å². The number of rotatable bonds is 18. The molecule has 0 unspecified atom stereocenters. The van der Waals surface area contributed by atoms with Gasteiger partial charge >= 0.3 is 5.97 Å². The van der Waals surface area contributed by atoms with Crippen LogP contribution in [0, 0.1) is 0 Å². The fraction of sp³-hybridized carbons (Fsp3) is 0.318. The normalized spacial score (nSPS) is 18.5. The number of carbonyl (C=O) groups is 7. The minimum Gasteiger partial charge on any atom is -0.481 e. The second kappa shape index (κ2) is 24.5. The fourth-order valence-corrected chi connectivity index (χ4v) is 7.62. The standard InChI is InChI=1S/C44H52N12O11S/c45-44(46)48-19-7-12-31-40(61)50-25-37(57)52-34(22-38(58)59)43(64)55-33(21-26-14-15-27-8-1-2-9-28(27)20-26)42(63)54-32(41(62)53-31)11-5-6-18-47-39(60)30-16-17-36(49-23-30)56-51-24-29-10-3-4-13-35(29)68(65,66)67/h1-4,8-10,13-17,20,23-24,31-34H,5-7,11-12,18-19,21-22,25H2,(H,47,60)(H,49,56)(H,50,61)(H,52,57)(H,53,62)(H,54,63)(H,55,64)(H,58,59)(H4,45,46,48)(H,65,66,67)/b51-24+/t31-,32-,33+,34-/m0/s1. The Morgan fingerprint density at radius 2 is 1.44 bits per heavy atom. The van der Waals surface area contributed by atoms with E-state index < -0.39 is 88.7 Å². The van der Waals surface area contributed by atoms with Crippen LogP contribution in [0.4, 0.5) is 5.82 Å². The van der Waals surface area contributed by atoms with Crippen LogP contribution in [0.3, 0.4) is 0 Å². The zero-order valence-electron chi connectivity index (χ0n) is 36.5. The molecule has 0 radical (unpaired) electrons. The van der Waals surface area contributed by atoms with Crippen LogP contribution in [0.5, 0.6) is 0 Å². The van der Waals surface area contributed by atoms with Gasteiger partial charge in [-0.25, -0.2) is 4.98 Å². The van der Waals surface area contributed by atoms with Gasteiger partial charge in [0.25, 0.3) is 16.0 Å². The molecule has 24 heteroatoms. The van der Waals surface area contributed by atoms with Gasteiger partial charge in [-0.05, 0) is 66.6 Å². The largest absolute Gasteiger partial charge is 0.481 e. The molecule has 23 nitrogen and oxygen atoms in total. The number of nitrogens with one attached hydrogen (secondary N) is 7. The van der Waals surface area contributed by atoms with Crippen LogP contribution in [-0.2, 0) is 45.3 Å². The third-order valence-electron chi connectivity index (χ3n) is 10.4. The monoisotopic (exact) mass is 956 g/mol. The van der Waals surface area contributed by atoms with Gasteiger partial charge in [0.15, 0.2) is 5.96 Å². The minimum absolute atomic E-state index is 0.000366. The molecule has 13 N–H and O–H groups in total. The first-order valence-corrected chi connectivity index (χ1v) is 22.7. The number of hydrogen-bond acceptors (Lipinski definition) is 13. The maximum absolute atomic E-state index is 14.2. The predicted octanol–water partition coefficient (Wildman–Crippen LogP) is -0.332. The van der Waals surface area contributed by atoms with Gasteiger partial charge in [0.05, 0.1) is 24.7 Å². The SMILES string of the molecule is NC(N)=NCCC[C@@H]1NC(=O)[C@H](CCCCNC(=O)c2ccc(N/N=C/c3ccccc3S(=O)(=O)O)nc2)NC(=O)[C@@H](Cc2ccc3ccccc3c2)NC(=O)[C@H](CC(=O)O)NC(=O)CNC1=O. The first-order valence-electron chi connectivity index (χ1n) is 21.3. The van der Waals surface area contributed by atoms with Crippen LogP contribution in [0.2, 0.25) is 0 Å². The fourth-order valence-electron chi connectivity index (χ4n) is 6.95. The molecular formula is C44H52N12O11S. The second-order valence-electron chi connectivity index (χ2n) is 15.5. The number of carboxylic acids is 1. The lowest BCUT2D eigenvalue weighted by atomic mass is 10.00. The number of hydrogen-bond donors (Lipinski definition) is 11. The number of nitrogens with two attached hydrogens (primary N) is 2. The Hall–Kier alpha value is -7.99. The molecule has 360 valence electrons. The highest BCUT2D eigenvalue weighted by molar-refractivity contribution is 7.86. The van der Waals surface area contributed by atoms with Crippen molar-refractivity contribution in [3.8, 4) is 0 Å². The van der Waals surface area contributed by atoms with Gasteiger partial charge in [-0.1, -0.05) is 60.7 Å². The summed E-state index contributed by atoms with van der Waals surface area (Å²) in [6, 6.07) is 15.9. The van der Waals surface area contributed by atoms with Crippen molar-refractivity contribution in [2.24, 2.45) is 21.6 Å². The molecule has 1 aliphatic rings. The zero-order valence-corrected chi connectivity index (χ0v) is 37.3. The Morgan fingerprint density at radius 3 is 2.15 bits per heavy atom. The van der Waals surface area contributed by atoms with Gasteiger partial charge in [-0.3, -0.25) is 48.5 Å². The number of fused-ring (bicyclic) bond motifs is 1. The summed E-state index contributed by atoms with van der Waals surface area (Å²) >= 11 is 0. The number of unbranched alkanes of at least 4 members (excludes halogenated alkanes) is 1. The summed E-state index contributed by atoms with van der Waals surface area (Å²) in [5.41, 5.74) is 14.4. The highest BCUT2D eigenvalue weighted by Crippen LogP contribution is 2.18. The Kier molecular flexibility index (Phi) is 18.4. The van der Waals surface area contributed by atoms with Crippen molar-refractivity contribution < 1.29 is 51.6 Å². The van der Waals surface area contributed by atoms with E-state index in [2.05, 4.69) is 52.4 Å². The summed E-state index contributed by atoms with van der Waals surface area (Å²) in [7, 11) is -4.48. The number of amides is 6. The molecule has 1 saturated heterocycles. The van der Waals surface area contributed by atoms with Crippen molar-refractivity contribution in [2.75, 3.05) is 25.1 Å². The van der Waals surface area contributed by atoms with Crippen molar-refractivity contribution in [1.82, 2.24) is 36.9 Å². The molecule has 0 saturated carbocycles. The molecule has 0 spiro atoms. The quantitative estimate of drug-likeness (QED) is 0.0200. The molecule has 3 aromatic carbocycles. The number of benzene rings is 3. The summed E-state index contributed by atoms with van der Waals surface area (Å²) in [6.45, 7) is -0.460. The molecule has 2 heterocycles. The molecular weight excluding hydrogens is 905 g/mol. The van der Waals surface area contributed by atoms with Gasteiger partial charge in [0.1, 0.15) is 34.9 Å². The topological polar surface area (TPSA) is 368 Å². The Bertz CT molecular complexity index is 2660. The van der Waals surface area contributed by atoms with E-state index in [1.807, 2.05) is 36.4 Å². The Morgan fingerprint density at radius 1 is 0.779 bits per heavy atom. The molecule has 0 aliphatic carbocycles. The molecule has 4 atom stereocenters. The molecule has 68 heavy (non-hydrogen) atoms. The summed E-state index contributed by atoms with van der Waals surface area (Å²) in [6.07, 6.45) is 2.27. The second-order valence-corrected chi connectivity index (χ2v) is 16.9. The van der Waals surface area contributed by atoms with E-state index in [4.69, 9.17) is 11.5 Å². The highest BCUT2D eigenvalue weighted by atomic mass is 32.2. The van der Waals surface area contributed by atoms with E-state index in [1.54, 1.807) is 12.1 Å². The number of hydrazone groups is 1. The molecule has 4 aromatic rings. The lowest BCUT2D eigenvalue weighted by Crippen LogP contribution is -2.58. The smallest absolute Gasteiger partial charge is 0.305 e. The summed E-state index contributed by atoms with van der Waals surface area (Å²) in [5.74, 6) is -6.15. The zero-order chi connectivity index (χ0) is 49.2. The summed E-state index contributed by atoms with van der Waals surface area (Å²) in [4.78, 5) is 101. The number of carboxylic acid groups (broad SMARTS) is 1. The van der Waals surface area contributed by atoms with Gasteiger partial charge in [-0.2, -0.15) is 13.5 Å². The van der Waals surface area contributed by atoms with E-state index in [-0.39, 0.29) is 73.0 Å². The maximum Gasteiger partial charge on any atom is 0.305 e. The molecule has 1 aliphatic heterocycles. The predicted molar refractivity (Wildman–Crippen MR) is 248 cm³/mol. The van der Waals surface area contributed by atoms with Crippen LogP contribution in [0.1, 0.15) is 60.0 Å². The minimum atomic E-state index is -4.48. The molecule has 0 bridgehead atoms. The summed E-state index contributed by atoms with van der Waals surface area (Å²) in [5, 5.41) is 30.7. The van der Waals surface area contributed by atoms with Crippen molar-refractivity contribution in [3.05, 3.63) is 102 Å². The lowest BCUT2D eigenvalue weighted by molar-refractivity contribution is -0.141. The van der Waals surface area contributed by atoms with Gasteiger partial charge in [0.2, 0.25) is 29.5 Å². The van der Waals surface area contributed by atoms with E-state index in [1.165, 1.54) is 42.7 Å². The first-order chi connectivity index (χ1) is 32.5. The number of aliphatic imine (C=N–C) groups is 1. The van der Waals surface area contributed by atoms with E-state index in [9.17, 15) is 51.6 Å².